The number of hydrogen-bond acceptors (Lipinski definition) is 3. The molecule has 0 spiro atoms. The Bertz CT molecular complexity index is 540. The molecule has 2 N–H and O–H groups in total. The maximum Gasteiger partial charge on any atom is 0.120 e. The molecule has 19 heavy (non-hydrogen) atoms. The third-order valence-electron chi connectivity index (χ3n) is 3.09. The fourth-order valence-electron chi connectivity index (χ4n) is 2.01. The van der Waals surface area contributed by atoms with E-state index in [2.05, 4.69) is 18.3 Å². The number of nitrogens with one attached hydrogen (secondary N) is 1. The minimum absolute atomic E-state index is 0.0692. The van der Waals surface area contributed by atoms with Crippen molar-refractivity contribution in [3.8, 4) is 5.75 Å². The number of ether oxygens (including phenoxy) is 1. The van der Waals surface area contributed by atoms with Gasteiger partial charge in [0.2, 0.25) is 0 Å². The highest BCUT2D eigenvalue weighted by molar-refractivity contribution is 5.49. The molecule has 0 radical (unpaired) electrons. The van der Waals surface area contributed by atoms with Gasteiger partial charge in [0, 0.05) is 17.8 Å². The van der Waals surface area contributed by atoms with Gasteiger partial charge in [0.25, 0.3) is 0 Å². The predicted octanol–water partition coefficient (Wildman–Crippen LogP) is 3.36. The normalized spacial score (nSPS) is 11.9. The lowest BCUT2D eigenvalue weighted by Crippen LogP contribution is -2.07. The number of benzene rings is 2. The summed E-state index contributed by atoms with van der Waals surface area (Å²) in [5.74, 6) is 0.835. The summed E-state index contributed by atoms with van der Waals surface area (Å²) in [6, 6.07) is 16.0. The van der Waals surface area contributed by atoms with E-state index in [1.807, 2.05) is 42.5 Å². The van der Waals surface area contributed by atoms with E-state index in [4.69, 9.17) is 9.84 Å². The van der Waals surface area contributed by atoms with E-state index >= 15 is 0 Å². The lowest BCUT2D eigenvalue weighted by atomic mass is 10.1. The molecule has 0 saturated heterocycles. The number of aliphatic hydroxyl groups is 1. The first-order valence-corrected chi connectivity index (χ1v) is 6.33. The van der Waals surface area contributed by atoms with Gasteiger partial charge in [0.05, 0.1) is 13.7 Å². The van der Waals surface area contributed by atoms with Gasteiger partial charge < -0.3 is 15.2 Å². The average molecular weight is 257 g/mol. The van der Waals surface area contributed by atoms with E-state index in [0.717, 1.165) is 22.6 Å². The quantitative estimate of drug-likeness (QED) is 0.863. The molecule has 3 heteroatoms. The van der Waals surface area contributed by atoms with Gasteiger partial charge in [-0.05, 0) is 30.2 Å². The Hall–Kier alpha value is -2.00. The fourth-order valence-corrected chi connectivity index (χ4v) is 2.01. The number of methoxy groups -OCH3 is 1. The Kier molecular flexibility index (Phi) is 4.42. The predicted molar refractivity (Wildman–Crippen MR) is 77.4 cm³/mol. The van der Waals surface area contributed by atoms with Crippen LogP contribution in [-0.2, 0) is 6.61 Å². The van der Waals surface area contributed by atoms with Crippen LogP contribution in [0.15, 0.2) is 48.5 Å². The monoisotopic (exact) mass is 257 g/mol. The molecule has 0 fully saturated rings. The molecule has 0 heterocycles. The molecular weight excluding hydrogens is 238 g/mol. The molecule has 0 saturated carbocycles. The van der Waals surface area contributed by atoms with Crippen LogP contribution in [0.1, 0.15) is 24.1 Å². The van der Waals surface area contributed by atoms with Gasteiger partial charge in [-0.1, -0.05) is 30.3 Å². The summed E-state index contributed by atoms with van der Waals surface area (Å²) in [7, 11) is 1.66. The molecule has 100 valence electrons. The molecule has 0 amide bonds. The zero-order valence-electron chi connectivity index (χ0n) is 11.3. The highest BCUT2D eigenvalue weighted by atomic mass is 16.5. The summed E-state index contributed by atoms with van der Waals surface area (Å²) in [4.78, 5) is 0. The van der Waals surface area contributed by atoms with Crippen LogP contribution in [-0.4, -0.2) is 12.2 Å². The molecule has 2 rings (SSSR count). The van der Waals surface area contributed by atoms with Gasteiger partial charge >= 0.3 is 0 Å². The first-order chi connectivity index (χ1) is 9.22. The van der Waals surface area contributed by atoms with Gasteiger partial charge in [-0.15, -0.1) is 0 Å². The Balaban J connectivity index is 2.13. The van der Waals surface area contributed by atoms with E-state index in [0.29, 0.717) is 0 Å². The van der Waals surface area contributed by atoms with E-state index in [9.17, 15) is 0 Å². The van der Waals surface area contributed by atoms with Crippen LogP contribution in [0.2, 0.25) is 0 Å². The SMILES string of the molecule is COc1cccc(NC(C)c2cccc(CO)c2)c1. The lowest BCUT2D eigenvalue weighted by molar-refractivity contribution is 0.281. The summed E-state index contributed by atoms with van der Waals surface area (Å²) >= 11 is 0. The smallest absolute Gasteiger partial charge is 0.120 e. The third kappa shape index (κ3) is 3.48. The molecule has 1 unspecified atom stereocenters. The molecule has 0 aliphatic carbocycles. The van der Waals surface area contributed by atoms with Gasteiger partial charge in [-0.25, -0.2) is 0 Å². The summed E-state index contributed by atoms with van der Waals surface area (Å²) < 4.78 is 5.21. The highest BCUT2D eigenvalue weighted by Gasteiger charge is 2.06. The minimum Gasteiger partial charge on any atom is -0.497 e. The summed E-state index contributed by atoms with van der Waals surface area (Å²) in [5, 5.41) is 12.6. The van der Waals surface area contributed by atoms with Crippen LogP contribution < -0.4 is 10.1 Å². The van der Waals surface area contributed by atoms with Gasteiger partial charge in [-0.2, -0.15) is 0 Å². The zero-order chi connectivity index (χ0) is 13.7. The van der Waals surface area contributed by atoms with E-state index in [-0.39, 0.29) is 12.6 Å². The topological polar surface area (TPSA) is 41.5 Å². The molecule has 0 aromatic heterocycles. The Morgan fingerprint density at radius 1 is 1.16 bits per heavy atom. The Morgan fingerprint density at radius 2 is 1.95 bits per heavy atom. The number of aliphatic hydroxyl groups excluding tert-OH is 1. The maximum atomic E-state index is 9.16. The molecule has 2 aromatic carbocycles. The standard InChI is InChI=1S/C16H19NO2/c1-12(14-6-3-5-13(9-14)11-18)17-15-7-4-8-16(10-15)19-2/h3-10,12,17-18H,11H2,1-2H3. The largest absolute Gasteiger partial charge is 0.497 e. The second-order valence-electron chi connectivity index (χ2n) is 4.50. The Morgan fingerprint density at radius 3 is 2.68 bits per heavy atom. The summed E-state index contributed by atoms with van der Waals surface area (Å²) in [6.45, 7) is 2.16. The van der Waals surface area contributed by atoms with Crippen molar-refractivity contribution in [2.75, 3.05) is 12.4 Å². The second kappa shape index (κ2) is 6.25. The maximum absolute atomic E-state index is 9.16. The van der Waals surface area contributed by atoms with E-state index < -0.39 is 0 Å². The molecule has 0 bridgehead atoms. The van der Waals surface area contributed by atoms with Crippen LogP contribution in [0, 0.1) is 0 Å². The van der Waals surface area contributed by atoms with Gasteiger partial charge in [-0.3, -0.25) is 0 Å². The highest BCUT2D eigenvalue weighted by Crippen LogP contribution is 2.23. The van der Waals surface area contributed by atoms with E-state index in [1.54, 1.807) is 7.11 Å². The first-order valence-electron chi connectivity index (χ1n) is 6.33. The van der Waals surface area contributed by atoms with Gasteiger partial charge in [0.1, 0.15) is 5.75 Å². The third-order valence-corrected chi connectivity index (χ3v) is 3.09. The minimum atomic E-state index is 0.0692. The van der Waals surface area contributed by atoms with Gasteiger partial charge in [0.15, 0.2) is 0 Å². The Labute approximate surface area is 113 Å². The fraction of sp³-hybridized carbons (Fsp3) is 0.250. The summed E-state index contributed by atoms with van der Waals surface area (Å²) in [5.41, 5.74) is 3.09. The summed E-state index contributed by atoms with van der Waals surface area (Å²) in [6.07, 6.45) is 0. The van der Waals surface area contributed by atoms with Crippen LogP contribution >= 0.6 is 0 Å². The molecule has 0 aliphatic heterocycles. The van der Waals surface area contributed by atoms with Crippen LogP contribution in [0.25, 0.3) is 0 Å². The molecule has 2 aromatic rings. The van der Waals surface area contributed by atoms with Crippen molar-refractivity contribution in [3.63, 3.8) is 0 Å². The average Bonchev–Trinajstić information content (AvgIpc) is 2.47. The van der Waals surface area contributed by atoms with Crippen molar-refractivity contribution in [3.05, 3.63) is 59.7 Å². The van der Waals surface area contributed by atoms with Crippen molar-refractivity contribution in [2.45, 2.75) is 19.6 Å². The number of rotatable bonds is 5. The molecule has 1 atom stereocenters. The van der Waals surface area contributed by atoms with Crippen LogP contribution in [0.4, 0.5) is 5.69 Å². The van der Waals surface area contributed by atoms with Crippen LogP contribution in [0.5, 0.6) is 5.75 Å². The van der Waals surface area contributed by atoms with Crippen LogP contribution in [0.3, 0.4) is 0 Å². The van der Waals surface area contributed by atoms with Crippen molar-refractivity contribution >= 4 is 5.69 Å². The van der Waals surface area contributed by atoms with Crippen molar-refractivity contribution < 1.29 is 9.84 Å². The first kappa shape index (κ1) is 13.4. The second-order valence-corrected chi connectivity index (χ2v) is 4.50. The van der Waals surface area contributed by atoms with E-state index in [1.165, 1.54) is 0 Å². The molecule has 3 nitrogen and oxygen atoms in total. The zero-order valence-corrected chi connectivity index (χ0v) is 11.3. The molecular formula is C16H19NO2. The number of anilines is 1. The van der Waals surface area contributed by atoms with Crippen molar-refractivity contribution in [2.24, 2.45) is 0 Å². The van der Waals surface area contributed by atoms with Crippen molar-refractivity contribution in [1.29, 1.82) is 0 Å². The number of hydrogen-bond donors (Lipinski definition) is 2. The van der Waals surface area contributed by atoms with Crippen molar-refractivity contribution in [1.82, 2.24) is 0 Å². The molecule has 0 aliphatic rings. The lowest BCUT2D eigenvalue weighted by Gasteiger charge is -2.17.